The molecule has 0 radical (unpaired) electrons. The first-order valence-electron chi connectivity index (χ1n) is 8.45. The molecule has 21 heavy (non-hydrogen) atoms. The van der Waals surface area contributed by atoms with Crippen LogP contribution in [0.3, 0.4) is 0 Å². The standard InChI is InChI=1S/C18H24N2O/c21-18(20-11-14-10-12-6-7-13(14)9-12)16-3-1-5-17-15(16)4-2-8-19-17/h1,3,5,12-14,19H,2,4,6-11H2,(H,20,21). The van der Waals surface area contributed by atoms with Crippen molar-refractivity contribution in [1.82, 2.24) is 5.32 Å². The molecular formula is C18H24N2O. The predicted octanol–water partition coefficient (Wildman–Crippen LogP) is 3.21. The van der Waals surface area contributed by atoms with Crippen molar-refractivity contribution in [3.05, 3.63) is 29.3 Å². The summed E-state index contributed by atoms with van der Waals surface area (Å²) in [6.07, 6.45) is 7.68. The van der Waals surface area contributed by atoms with Crippen molar-refractivity contribution in [2.24, 2.45) is 17.8 Å². The summed E-state index contributed by atoms with van der Waals surface area (Å²) in [5, 5.41) is 6.61. The number of rotatable bonds is 3. The molecule has 1 aliphatic heterocycles. The molecule has 2 saturated carbocycles. The van der Waals surface area contributed by atoms with Gasteiger partial charge in [0.05, 0.1) is 0 Å². The average molecular weight is 284 g/mol. The van der Waals surface area contributed by atoms with Crippen LogP contribution in [0.1, 0.15) is 48.0 Å². The van der Waals surface area contributed by atoms with E-state index in [0.29, 0.717) is 0 Å². The van der Waals surface area contributed by atoms with E-state index in [2.05, 4.69) is 16.7 Å². The van der Waals surface area contributed by atoms with Gasteiger partial charge in [-0.25, -0.2) is 0 Å². The van der Waals surface area contributed by atoms with Crippen molar-refractivity contribution >= 4 is 11.6 Å². The predicted molar refractivity (Wildman–Crippen MR) is 84.5 cm³/mol. The smallest absolute Gasteiger partial charge is 0.251 e. The molecule has 1 amide bonds. The van der Waals surface area contributed by atoms with Gasteiger partial charge in [0.2, 0.25) is 0 Å². The van der Waals surface area contributed by atoms with Gasteiger partial charge in [0, 0.05) is 24.3 Å². The van der Waals surface area contributed by atoms with Crippen molar-refractivity contribution < 1.29 is 4.79 Å². The molecule has 3 atom stereocenters. The molecule has 2 N–H and O–H groups in total. The molecule has 1 aromatic carbocycles. The fourth-order valence-electron chi connectivity index (χ4n) is 4.67. The quantitative estimate of drug-likeness (QED) is 0.895. The molecule has 2 aliphatic carbocycles. The Morgan fingerprint density at radius 2 is 2.24 bits per heavy atom. The van der Waals surface area contributed by atoms with E-state index in [1.165, 1.54) is 31.2 Å². The Kier molecular flexibility index (Phi) is 3.36. The average Bonchev–Trinajstić information content (AvgIpc) is 3.15. The molecule has 2 fully saturated rings. The number of amides is 1. The summed E-state index contributed by atoms with van der Waals surface area (Å²) >= 11 is 0. The van der Waals surface area contributed by atoms with Gasteiger partial charge in [-0.1, -0.05) is 12.5 Å². The largest absolute Gasteiger partial charge is 0.385 e. The fraction of sp³-hybridized carbons (Fsp3) is 0.611. The van der Waals surface area contributed by atoms with Gasteiger partial charge in [-0.2, -0.15) is 0 Å². The summed E-state index contributed by atoms with van der Waals surface area (Å²) in [5.41, 5.74) is 3.23. The van der Waals surface area contributed by atoms with Crippen LogP contribution in [0.5, 0.6) is 0 Å². The second-order valence-corrected chi connectivity index (χ2v) is 7.01. The minimum absolute atomic E-state index is 0.123. The van der Waals surface area contributed by atoms with Crippen LogP contribution in [0.25, 0.3) is 0 Å². The summed E-state index contributed by atoms with van der Waals surface area (Å²) in [6, 6.07) is 6.05. The maximum atomic E-state index is 12.5. The van der Waals surface area contributed by atoms with Gasteiger partial charge in [-0.15, -0.1) is 0 Å². The zero-order valence-electron chi connectivity index (χ0n) is 12.5. The third kappa shape index (κ3) is 2.43. The lowest BCUT2D eigenvalue weighted by Gasteiger charge is -2.23. The number of hydrogen-bond acceptors (Lipinski definition) is 2. The second kappa shape index (κ2) is 5.36. The third-order valence-corrected chi connectivity index (χ3v) is 5.75. The molecule has 2 bridgehead atoms. The van der Waals surface area contributed by atoms with Crippen LogP contribution < -0.4 is 10.6 Å². The van der Waals surface area contributed by atoms with Crippen LogP contribution in [0, 0.1) is 17.8 Å². The van der Waals surface area contributed by atoms with E-state index in [0.717, 1.165) is 54.9 Å². The third-order valence-electron chi connectivity index (χ3n) is 5.75. The Morgan fingerprint density at radius 3 is 3.05 bits per heavy atom. The molecule has 3 aliphatic rings. The highest BCUT2D eigenvalue weighted by atomic mass is 16.1. The summed E-state index contributed by atoms with van der Waals surface area (Å²) < 4.78 is 0. The SMILES string of the molecule is O=C(NCC1CC2CCC1C2)c1cccc2c1CCCN2. The number of carbonyl (C=O) groups is 1. The minimum Gasteiger partial charge on any atom is -0.385 e. The van der Waals surface area contributed by atoms with Crippen LogP contribution >= 0.6 is 0 Å². The Hall–Kier alpha value is -1.51. The molecule has 3 unspecified atom stereocenters. The Bertz CT molecular complexity index is 554. The van der Waals surface area contributed by atoms with Crippen molar-refractivity contribution in [1.29, 1.82) is 0 Å². The van der Waals surface area contributed by atoms with E-state index in [1.807, 2.05) is 12.1 Å². The van der Waals surface area contributed by atoms with E-state index >= 15 is 0 Å². The van der Waals surface area contributed by atoms with E-state index in [4.69, 9.17) is 0 Å². The highest BCUT2D eigenvalue weighted by Gasteiger charge is 2.39. The van der Waals surface area contributed by atoms with E-state index in [1.54, 1.807) is 0 Å². The Balaban J connectivity index is 1.43. The molecule has 3 heteroatoms. The topological polar surface area (TPSA) is 41.1 Å². The normalized spacial score (nSPS) is 29.8. The Morgan fingerprint density at radius 1 is 1.29 bits per heavy atom. The van der Waals surface area contributed by atoms with Crippen LogP contribution in [0.2, 0.25) is 0 Å². The van der Waals surface area contributed by atoms with E-state index in [-0.39, 0.29) is 5.91 Å². The number of fused-ring (bicyclic) bond motifs is 3. The van der Waals surface area contributed by atoms with Gasteiger partial charge in [0.1, 0.15) is 0 Å². The molecule has 112 valence electrons. The fourth-order valence-corrected chi connectivity index (χ4v) is 4.67. The van der Waals surface area contributed by atoms with Gasteiger partial charge in [0.25, 0.3) is 5.91 Å². The molecular weight excluding hydrogens is 260 g/mol. The highest BCUT2D eigenvalue weighted by molar-refractivity contribution is 5.97. The molecule has 4 rings (SSSR count). The molecule has 1 aromatic rings. The summed E-state index contributed by atoms with van der Waals surface area (Å²) in [5.74, 6) is 2.68. The van der Waals surface area contributed by atoms with Gasteiger partial charge in [-0.3, -0.25) is 4.79 Å². The molecule has 3 nitrogen and oxygen atoms in total. The van der Waals surface area contributed by atoms with Crippen molar-refractivity contribution in [3.63, 3.8) is 0 Å². The van der Waals surface area contributed by atoms with E-state index in [9.17, 15) is 4.79 Å². The molecule has 1 heterocycles. The highest BCUT2D eigenvalue weighted by Crippen LogP contribution is 2.47. The van der Waals surface area contributed by atoms with Crippen molar-refractivity contribution in [2.75, 3.05) is 18.4 Å². The maximum absolute atomic E-state index is 12.5. The van der Waals surface area contributed by atoms with Gasteiger partial charge >= 0.3 is 0 Å². The van der Waals surface area contributed by atoms with Gasteiger partial charge in [0.15, 0.2) is 0 Å². The number of anilines is 1. The van der Waals surface area contributed by atoms with Gasteiger partial charge in [-0.05, 0) is 67.6 Å². The maximum Gasteiger partial charge on any atom is 0.251 e. The summed E-state index contributed by atoms with van der Waals surface area (Å²) in [7, 11) is 0. The summed E-state index contributed by atoms with van der Waals surface area (Å²) in [4.78, 5) is 12.5. The molecule has 0 spiro atoms. The van der Waals surface area contributed by atoms with Crippen LogP contribution in [0.4, 0.5) is 5.69 Å². The number of nitrogens with one attached hydrogen (secondary N) is 2. The zero-order chi connectivity index (χ0) is 14.2. The van der Waals surface area contributed by atoms with Crippen molar-refractivity contribution in [3.8, 4) is 0 Å². The van der Waals surface area contributed by atoms with Crippen molar-refractivity contribution in [2.45, 2.75) is 38.5 Å². The first-order chi connectivity index (χ1) is 10.3. The number of carbonyl (C=O) groups excluding carboxylic acids is 1. The lowest BCUT2D eigenvalue weighted by atomic mass is 9.88. The lowest BCUT2D eigenvalue weighted by molar-refractivity contribution is 0.0941. The number of benzene rings is 1. The minimum atomic E-state index is 0.123. The van der Waals surface area contributed by atoms with Crippen LogP contribution in [0.15, 0.2) is 18.2 Å². The number of hydrogen-bond donors (Lipinski definition) is 2. The monoisotopic (exact) mass is 284 g/mol. The molecule has 0 saturated heterocycles. The molecule has 0 aromatic heterocycles. The Labute approximate surface area is 126 Å². The lowest BCUT2D eigenvalue weighted by Crippen LogP contribution is -2.32. The van der Waals surface area contributed by atoms with Crippen LogP contribution in [-0.4, -0.2) is 19.0 Å². The first kappa shape index (κ1) is 13.2. The van der Waals surface area contributed by atoms with E-state index < -0.39 is 0 Å². The summed E-state index contributed by atoms with van der Waals surface area (Å²) in [6.45, 7) is 1.89. The first-order valence-corrected chi connectivity index (χ1v) is 8.45. The van der Waals surface area contributed by atoms with Gasteiger partial charge < -0.3 is 10.6 Å². The second-order valence-electron chi connectivity index (χ2n) is 7.01. The van der Waals surface area contributed by atoms with Crippen LogP contribution in [-0.2, 0) is 6.42 Å². The zero-order valence-corrected chi connectivity index (χ0v) is 12.5.